The Hall–Kier alpha value is -5.87. The molecule has 0 amide bonds. The zero-order valence-corrected chi connectivity index (χ0v) is 37.8. The number of anilines is 1. The second kappa shape index (κ2) is 23.2. The zero-order valence-electron chi connectivity index (χ0n) is 37.0. The molecule has 4 N–H and O–H groups in total. The number of aromatic nitrogens is 9. The number of nitrogens with one attached hydrogen (secondary N) is 2. The van der Waals surface area contributed by atoms with E-state index in [1.54, 1.807) is 11.3 Å². The molecule has 6 aromatic rings. The number of benzene rings is 3. The minimum atomic E-state index is -0.817. The van der Waals surface area contributed by atoms with Gasteiger partial charge in [-0.25, -0.2) is 4.98 Å². The van der Waals surface area contributed by atoms with Gasteiger partial charge in [0.2, 0.25) is 0 Å². The van der Waals surface area contributed by atoms with E-state index in [0.29, 0.717) is 37.3 Å². The quantitative estimate of drug-likeness (QED) is 0.0601. The van der Waals surface area contributed by atoms with Crippen molar-refractivity contribution in [2.24, 2.45) is 11.8 Å². The molecule has 338 valence electrons. The molecule has 5 heterocycles. The largest absolute Gasteiger partial charge is 0.481 e. The van der Waals surface area contributed by atoms with Crippen LogP contribution in [0.25, 0.3) is 21.6 Å². The third-order valence-electron chi connectivity index (χ3n) is 12.6. The maximum Gasteiger partial charge on any atom is 0.307 e. The fraction of sp³-hybridized carbons (Fsp3) is 0.479. The number of piperidine rings is 2. The van der Waals surface area contributed by atoms with Crippen LogP contribution in [0.15, 0.2) is 79.0 Å². The van der Waals surface area contributed by atoms with Crippen molar-refractivity contribution in [2.45, 2.75) is 109 Å². The lowest BCUT2D eigenvalue weighted by Crippen LogP contribution is -2.29. The minimum absolute atomic E-state index is 0.321. The monoisotopic (exact) mass is 887 g/mol. The van der Waals surface area contributed by atoms with Gasteiger partial charge in [-0.1, -0.05) is 128 Å². The van der Waals surface area contributed by atoms with Crippen LogP contribution in [0, 0.1) is 11.8 Å². The van der Waals surface area contributed by atoms with Crippen LogP contribution in [0.5, 0.6) is 0 Å². The van der Waals surface area contributed by atoms with Crippen LogP contribution >= 0.6 is 11.3 Å². The number of carbonyl (C=O) groups is 2. The maximum atomic E-state index is 12.0. The summed E-state index contributed by atoms with van der Waals surface area (Å²) in [6, 6.07) is 25.4. The predicted molar refractivity (Wildman–Crippen MR) is 248 cm³/mol. The van der Waals surface area contributed by atoms with Crippen molar-refractivity contribution in [1.82, 2.24) is 51.1 Å². The predicted octanol–water partition coefficient (Wildman–Crippen LogP) is 8.82. The smallest absolute Gasteiger partial charge is 0.307 e. The molecule has 2 saturated heterocycles. The van der Waals surface area contributed by atoms with E-state index in [4.69, 9.17) is 0 Å². The Morgan fingerprint density at radius 1 is 0.672 bits per heavy atom. The van der Waals surface area contributed by atoms with Crippen LogP contribution in [0.1, 0.15) is 118 Å². The molecule has 2 aliphatic heterocycles. The summed E-state index contributed by atoms with van der Waals surface area (Å²) in [6.07, 6.45) is 13.5. The van der Waals surface area contributed by atoms with Crippen LogP contribution < -0.4 is 4.90 Å². The van der Waals surface area contributed by atoms with E-state index in [2.05, 4.69) is 129 Å². The molecule has 2 aliphatic rings. The van der Waals surface area contributed by atoms with Crippen molar-refractivity contribution in [1.29, 1.82) is 0 Å². The summed E-state index contributed by atoms with van der Waals surface area (Å²) < 4.78 is 0. The van der Waals surface area contributed by atoms with E-state index in [0.717, 1.165) is 59.2 Å². The summed E-state index contributed by atoms with van der Waals surface area (Å²) in [5.74, 6) is -2.44. The van der Waals surface area contributed by atoms with Crippen LogP contribution in [0.2, 0.25) is 0 Å². The van der Waals surface area contributed by atoms with Crippen molar-refractivity contribution < 1.29 is 19.8 Å². The highest BCUT2D eigenvalue weighted by molar-refractivity contribution is 7.18. The molecule has 64 heavy (non-hydrogen) atoms. The van der Waals surface area contributed by atoms with Gasteiger partial charge in [0, 0.05) is 37.7 Å². The number of aliphatic carboxylic acids is 2. The number of rotatable bonds is 19. The van der Waals surface area contributed by atoms with Crippen molar-refractivity contribution in [2.75, 3.05) is 31.1 Å². The Balaban J connectivity index is 0.000000192. The van der Waals surface area contributed by atoms with E-state index in [1.165, 1.54) is 68.3 Å². The van der Waals surface area contributed by atoms with Crippen molar-refractivity contribution in [3.8, 4) is 21.6 Å². The van der Waals surface area contributed by atoms with E-state index in [9.17, 15) is 19.8 Å². The standard InChI is InChI=1S/C26H33N5O2.C22H28N6O2S/c1-2-8-23(26(32)33)24(25-27-29-30-28-25)17-19-11-13-20(14-12-19)22-10-5-4-9-21(22)18-31-15-6-3-7-16-31;1-2-6-17(21(29)30)18(20-24-26-27-25-20)13-15-7-9-16(10-8-15)19-14-23-22(31-19)28-11-4-3-5-12-28/h4-5,9-14,23-24H,2-3,6-8,15-18H2,1H3,(H,32,33)(H,27,28,29,30);7-10,14,17-18H,2-6,11-13H2,1H3,(H,29,30)(H,24,25,26,27)/t23-,24-;17-,18-/m00/s1. The highest BCUT2D eigenvalue weighted by Gasteiger charge is 2.33. The average molecular weight is 888 g/mol. The number of hydrogen-bond acceptors (Lipinski definition) is 12. The minimum Gasteiger partial charge on any atom is -0.481 e. The topological polar surface area (TPSA) is 203 Å². The van der Waals surface area contributed by atoms with Crippen molar-refractivity contribution >= 4 is 28.4 Å². The second-order valence-electron chi connectivity index (χ2n) is 17.1. The third-order valence-corrected chi connectivity index (χ3v) is 13.7. The molecule has 2 fully saturated rings. The molecule has 0 spiro atoms. The van der Waals surface area contributed by atoms with Crippen LogP contribution in [0.4, 0.5) is 5.13 Å². The lowest BCUT2D eigenvalue weighted by Gasteiger charge is -2.27. The van der Waals surface area contributed by atoms with Gasteiger partial charge >= 0.3 is 11.9 Å². The number of H-pyrrole nitrogens is 2. The molecule has 0 unspecified atom stereocenters. The molecule has 0 aliphatic carbocycles. The number of nitrogens with zero attached hydrogens (tertiary/aromatic N) is 9. The number of likely N-dealkylation sites (tertiary alicyclic amines) is 1. The van der Waals surface area contributed by atoms with E-state index >= 15 is 0 Å². The summed E-state index contributed by atoms with van der Waals surface area (Å²) in [5, 5.41) is 49.3. The van der Waals surface area contributed by atoms with Crippen LogP contribution in [-0.4, -0.2) is 99.5 Å². The number of thiazole rings is 1. The lowest BCUT2D eigenvalue weighted by molar-refractivity contribution is -0.144. The van der Waals surface area contributed by atoms with Gasteiger partial charge < -0.3 is 15.1 Å². The summed E-state index contributed by atoms with van der Waals surface area (Å²) in [6.45, 7) is 9.50. The van der Waals surface area contributed by atoms with Gasteiger partial charge in [-0.2, -0.15) is 10.4 Å². The Kier molecular flexibility index (Phi) is 16.7. The molecule has 15 nitrogen and oxygen atoms in total. The summed E-state index contributed by atoms with van der Waals surface area (Å²) in [5.41, 5.74) is 7.06. The Morgan fingerprint density at radius 2 is 1.19 bits per heavy atom. The first kappa shape index (κ1) is 46.1. The van der Waals surface area contributed by atoms with Gasteiger partial charge in [-0.05, 0) is 104 Å². The van der Waals surface area contributed by atoms with Gasteiger partial charge in [0.1, 0.15) is 0 Å². The van der Waals surface area contributed by atoms with E-state index < -0.39 is 23.8 Å². The van der Waals surface area contributed by atoms with Crippen LogP contribution in [-0.2, 0) is 29.0 Å². The summed E-state index contributed by atoms with van der Waals surface area (Å²) in [7, 11) is 0. The molecule has 8 rings (SSSR count). The maximum absolute atomic E-state index is 12.0. The molecular weight excluding hydrogens is 827 g/mol. The molecule has 3 aromatic carbocycles. The molecule has 0 saturated carbocycles. The first-order valence-corrected chi connectivity index (χ1v) is 23.7. The van der Waals surface area contributed by atoms with Gasteiger partial charge in [0.05, 0.1) is 16.7 Å². The normalized spacial score (nSPS) is 16.3. The lowest BCUT2D eigenvalue weighted by atomic mass is 9.83. The first-order valence-electron chi connectivity index (χ1n) is 22.9. The number of carboxylic acid groups (broad SMARTS) is 2. The molecule has 0 radical (unpaired) electrons. The molecular formula is C48H61N11O4S. The van der Waals surface area contributed by atoms with E-state index in [-0.39, 0.29) is 11.8 Å². The fourth-order valence-electron chi connectivity index (χ4n) is 9.16. The number of hydrogen-bond donors (Lipinski definition) is 4. The van der Waals surface area contributed by atoms with E-state index in [1.807, 2.05) is 20.0 Å². The van der Waals surface area contributed by atoms with Crippen molar-refractivity contribution in [3.05, 3.63) is 107 Å². The highest BCUT2D eigenvalue weighted by Crippen LogP contribution is 2.35. The van der Waals surface area contributed by atoms with Gasteiger partial charge in [0.25, 0.3) is 0 Å². The Labute approximate surface area is 379 Å². The molecule has 0 bridgehead atoms. The molecule has 16 heteroatoms. The van der Waals surface area contributed by atoms with Gasteiger partial charge in [-0.3, -0.25) is 14.5 Å². The number of tetrazole rings is 2. The second-order valence-corrected chi connectivity index (χ2v) is 18.1. The van der Waals surface area contributed by atoms with Crippen LogP contribution in [0.3, 0.4) is 0 Å². The summed E-state index contributed by atoms with van der Waals surface area (Å²) in [4.78, 5) is 34.6. The fourth-order valence-corrected chi connectivity index (χ4v) is 10.1. The number of aromatic amines is 2. The summed E-state index contributed by atoms with van der Waals surface area (Å²) >= 11 is 1.73. The van der Waals surface area contributed by atoms with Gasteiger partial charge in [0.15, 0.2) is 16.8 Å². The molecule has 3 aromatic heterocycles. The average Bonchev–Trinajstić information content (AvgIpc) is 4.16. The number of carboxylic acids is 2. The third kappa shape index (κ3) is 12.2. The zero-order chi connectivity index (χ0) is 44.7. The highest BCUT2D eigenvalue weighted by atomic mass is 32.1. The Morgan fingerprint density at radius 3 is 1.69 bits per heavy atom. The Bertz CT molecular complexity index is 2310. The molecule has 4 atom stereocenters. The first-order chi connectivity index (χ1) is 31.3. The van der Waals surface area contributed by atoms with Crippen molar-refractivity contribution in [3.63, 3.8) is 0 Å². The SMILES string of the molecule is CCC[C@H](C(=O)O)[C@H](Cc1ccc(-c2ccccc2CN2CCCCC2)cc1)c1nn[nH]n1.CCC[C@H](C(=O)O)[C@H](Cc1ccc(-c2cnc(N3CCCCC3)s2)cc1)c1nn[nH]n1. The van der Waals surface area contributed by atoms with Gasteiger partial charge in [-0.15, -0.1) is 20.4 Å².